The number of halogens is 4. The van der Waals surface area contributed by atoms with Crippen molar-refractivity contribution in [3.63, 3.8) is 0 Å². The van der Waals surface area contributed by atoms with Crippen LogP contribution in [0.3, 0.4) is 0 Å². The van der Waals surface area contributed by atoms with Crippen LogP contribution >= 0.6 is 0 Å². The molecule has 5 heteroatoms. The van der Waals surface area contributed by atoms with Gasteiger partial charge in [0.15, 0.2) is 0 Å². The minimum absolute atomic E-state index is 0.123. The maximum Gasteiger partial charge on any atom is 0.405 e. The van der Waals surface area contributed by atoms with Crippen molar-refractivity contribution in [3.05, 3.63) is 30.1 Å². The third-order valence-corrected chi connectivity index (χ3v) is 1.32. The largest absolute Gasteiger partial charge is 0.405 e. The minimum atomic E-state index is -4.29. The molecular formula is C8H7F4N. The van der Waals surface area contributed by atoms with E-state index < -0.39 is 18.5 Å². The van der Waals surface area contributed by atoms with E-state index in [0.29, 0.717) is 0 Å². The van der Waals surface area contributed by atoms with Crippen LogP contribution in [0.25, 0.3) is 0 Å². The van der Waals surface area contributed by atoms with Crippen molar-refractivity contribution >= 4 is 5.69 Å². The molecule has 0 bridgehead atoms. The van der Waals surface area contributed by atoms with Gasteiger partial charge in [-0.2, -0.15) is 13.2 Å². The third kappa shape index (κ3) is 3.78. The Bertz CT molecular complexity index is 282. The number of nitrogens with one attached hydrogen (secondary N) is 1. The number of rotatable bonds is 2. The summed E-state index contributed by atoms with van der Waals surface area (Å²) in [6, 6.07) is 4.88. The lowest BCUT2D eigenvalue weighted by Crippen LogP contribution is -2.21. The average Bonchev–Trinajstić information content (AvgIpc) is 2.00. The molecule has 0 saturated carbocycles. The first kappa shape index (κ1) is 9.83. The molecule has 0 atom stereocenters. The first-order valence-corrected chi connectivity index (χ1v) is 3.53. The van der Waals surface area contributed by atoms with Gasteiger partial charge in [0.05, 0.1) is 0 Å². The van der Waals surface area contributed by atoms with Gasteiger partial charge in [-0.3, -0.25) is 0 Å². The van der Waals surface area contributed by atoms with E-state index >= 15 is 0 Å². The summed E-state index contributed by atoms with van der Waals surface area (Å²) in [6.07, 6.45) is -4.29. The van der Waals surface area contributed by atoms with Gasteiger partial charge in [-0.05, 0) is 18.2 Å². The molecular weight excluding hydrogens is 186 g/mol. The molecule has 13 heavy (non-hydrogen) atoms. The fraction of sp³-hybridized carbons (Fsp3) is 0.250. The molecule has 0 aliphatic heterocycles. The van der Waals surface area contributed by atoms with Crippen LogP contribution in [0.15, 0.2) is 24.3 Å². The van der Waals surface area contributed by atoms with Crippen LogP contribution in [0.4, 0.5) is 23.2 Å². The van der Waals surface area contributed by atoms with Gasteiger partial charge in [0.2, 0.25) is 0 Å². The van der Waals surface area contributed by atoms with Crippen LogP contribution in [0.5, 0.6) is 0 Å². The normalized spacial score (nSPS) is 11.4. The molecule has 1 aromatic rings. The molecule has 1 rings (SSSR count). The third-order valence-electron chi connectivity index (χ3n) is 1.32. The zero-order chi connectivity index (χ0) is 9.90. The second kappa shape index (κ2) is 3.64. The summed E-state index contributed by atoms with van der Waals surface area (Å²) in [4.78, 5) is 0. The van der Waals surface area contributed by atoms with Crippen molar-refractivity contribution in [1.29, 1.82) is 0 Å². The lowest BCUT2D eigenvalue weighted by Gasteiger charge is -2.08. The molecule has 0 saturated heterocycles. The fourth-order valence-corrected chi connectivity index (χ4v) is 0.801. The number of hydrogen-bond donors (Lipinski definition) is 1. The predicted molar refractivity (Wildman–Crippen MR) is 40.9 cm³/mol. The molecule has 72 valence electrons. The fourth-order valence-electron chi connectivity index (χ4n) is 0.801. The Morgan fingerprint density at radius 3 is 2.46 bits per heavy atom. The molecule has 0 spiro atoms. The van der Waals surface area contributed by atoms with E-state index in [0.717, 1.165) is 6.07 Å². The molecule has 1 N–H and O–H groups in total. The summed E-state index contributed by atoms with van der Waals surface area (Å²) in [5.41, 5.74) is 0.123. The second-order valence-corrected chi connectivity index (χ2v) is 2.48. The maximum absolute atomic E-state index is 12.5. The predicted octanol–water partition coefficient (Wildman–Crippen LogP) is 2.80. The Balaban J connectivity index is 2.55. The van der Waals surface area contributed by atoms with Crippen LogP contribution in [0.1, 0.15) is 0 Å². The van der Waals surface area contributed by atoms with E-state index in [1.54, 1.807) is 0 Å². The van der Waals surface area contributed by atoms with Gasteiger partial charge >= 0.3 is 6.18 Å². The summed E-state index contributed by atoms with van der Waals surface area (Å²) in [5, 5.41) is 2.06. The van der Waals surface area contributed by atoms with E-state index in [2.05, 4.69) is 5.32 Å². The van der Waals surface area contributed by atoms with E-state index in [1.807, 2.05) is 0 Å². The van der Waals surface area contributed by atoms with Crippen LogP contribution in [-0.2, 0) is 0 Å². The highest BCUT2D eigenvalue weighted by atomic mass is 19.4. The molecule has 0 aliphatic carbocycles. The monoisotopic (exact) mass is 193 g/mol. The number of benzene rings is 1. The van der Waals surface area contributed by atoms with Gasteiger partial charge in [-0.15, -0.1) is 0 Å². The summed E-state index contributed by atoms with van der Waals surface area (Å²) in [6.45, 7) is -1.16. The Labute approximate surface area is 72.4 Å². The van der Waals surface area contributed by atoms with Gasteiger partial charge in [-0.25, -0.2) is 4.39 Å². The SMILES string of the molecule is Fc1cccc(NCC(F)(F)F)c1. The quantitative estimate of drug-likeness (QED) is 0.712. The van der Waals surface area contributed by atoms with Gasteiger partial charge in [0.25, 0.3) is 0 Å². The summed E-state index contributed by atoms with van der Waals surface area (Å²) in [5.74, 6) is -0.563. The van der Waals surface area contributed by atoms with Crippen molar-refractivity contribution in [2.24, 2.45) is 0 Å². The molecule has 0 unspecified atom stereocenters. The lowest BCUT2D eigenvalue weighted by molar-refractivity contribution is -0.115. The van der Waals surface area contributed by atoms with Crippen molar-refractivity contribution in [3.8, 4) is 0 Å². The first-order valence-electron chi connectivity index (χ1n) is 3.53. The average molecular weight is 193 g/mol. The van der Waals surface area contributed by atoms with Crippen LogP contribution in [-0.4, -0.2) is 12.7 Å². The van der Waals surface area contributed by atoms with Gasteiger partial charge < -0.3 is 5.32 Å². The Hall–Kier alpha value is -1.26. The Morgan fingerprint density at radius 1 is 1.23 bits per heavy atom. The van der Waals surface area contributed by atoms with E-state index in [1.165, 1.54) is 18.2 Å². The van der Waals surface area contributed by atoms with Crippen LogP contribution < -0.4 is 5.32 Å². The summed E-state index contributed by atoms with van der Waals surface area (Å²) >= 11 is 0. The van der Waals surface area contributed by atoms with Gasteiger partial charge in [0, 0.05) is 5.69 Å². The van der Waals surface area contributed by atoms with E-state index in [4.69, 9.17) is 0 Å². The van der Waals surface area contributed by atoms with E-state index in [9.17, 15) is 17.6 Å². The number of alkyl halides is 3. The van der Waals surface area contributed by atoms with Crippen molar-refractivity contribution in [2.45, 2.75) is 6.18 Å². The second-order valence-electron chi connectivity index (χ2n) is 2.48. The van der Waals surface area contributed by atoms with Crippen molar-refractivity contribution in [2.75, 3.05) is 11.9 Å². The van der Waals surface area contributed by atoms with Gasteiger partial charge in [0.1, 0.15) is 12.4 Å². The van der Waals surface area contributed by atoms with Crippen LogP contribution in [0.2, 0.25) is 0 Å². The molecule has 1 aromatic carbocycles. The Morgan fingerprint density at radius 2 is 1.92 bits per heavy atom. The molecule has 0 heterocycles. The summed E-state index contributed by atoms with van der Waals surface area (Å²) < 4.78 is 47.5. The first-order chi connectivity index (χ1) is 5.97. The highest BCUT2D eigenvalue weighted by Crippen LogP contribution is 2.16. The Kier molecular flexibility index (Phi) is 2.75. The number of hydrogen-bond acceptors (Lipinski definition) is 1. The highest BCUT2D eigenvalue weighted by Gasteiger charge is 2.26. The van der Waals surface area contributed by atoms with Gasteiger partial charge in [-0.1, -0.05) is 6.07 Å². The van der Waals surface area contributed by atoms with Crippen LogP contribution in [0, 0.1) is 5.82 Å². The summed E-state index contributed by atoms with van der Waals surface area (Å²) in [7, 11) is 0. The minimum Gasteiger partial charge on any atom is -0.376 e. The maximum atomic E-state index is 12.5. The zero-order valence-corrected chi connectivity index (χ0v) is 6.53. The standard InChI is InChI=1S/C8H7F4N/c9-6-2-1-3-7(4-6)13-5-8(10,11)12/h1-4,13H,5H2. The smallest absolute Gasteiger partial charge is 0.376 e. The molecule has 0 amide bonds. The molecule has 1 nitrogen and oxygen atoms in total. The zero-order valence-electron chi connectivity index (χ0n) is 6.53. The highest BCUT2D eigenvalue weighted by molar-refractivity contribution is 5.43. The molecule has 0 aromatic heterocycles. The number of anilines is 1. The molecule has 0 radical (unpaired) electrons. The molecule has 0 fully saturated rings. The van der Waals surface area contributed by atoms with E-state index in [-0.39, 0.29) is 5.69 Å². The topological polar surface area (TPSA) is 12.0 Å². The van der Waals surface area contributed by atoms with Crippen molar-refractivity contribution in [1.82, 2.24) is 0 Å². The van der Waals surface area contributed by atoms with Crippen molar-refractivity contribution < 1.29 is 17.6 Å². The lowest BCUT2D eigenvalue weighted by atomic mass is 10.3. The molecule has 0 aliphatic rings.